The Morgan fingerprint density at radius 1 is 0.909 bits per heavy atom. The first kappa shape index (κ1) is 21.8. The average Bonchev–Trinajstić information content (AvgIpc) is 3.25. The molecule has 2 aromatic carbocycles. The molecule has 1 aliphatic heterocycles. The van der Waals surface area contributed by atoms with E-state index in [0.717, 1.165) is 46.4 Å². The van der Waals surface area contributed by atoms with Crippen molar-refractivity contribution in [3.05, 3.63) is 89.3 Å². The zero-order valence-electron chi connectivity index (χ0n) is 19.0. The van der Waals surface area contributed by atoms with Crippen molar-refractivity contribution in [2.45, 2.75) is 26.3 Å². The van der Waals surface area contributed by atoms with Crippen LogP contribution in [0.4, 0.5) is 0 Å². The summed E-state index contributed by atoms with van der Waals surface area (Å²) >= 11 is 5.98. The molecule has 0 unspecified atom stereocenters. The molecule has 3 heterocycles. The number of aromatic nitrogens is 2. The van der Waals surface area contributed by atoms with Crippen LogP contribution in [0.3, 0.4) is 0 Å². The van der Waals surface area contributed by atoms with Gasteiger partial charge in [-0.15, -0.1) is 0 Å². The van der Waals surface area contributed by atoms with Crippen molar-refractivity contribution in [2.75, 3.05) is 19.6 Å². The van der Waals surface area contributed by atoms with Gasteiger partial charge < -0.3 is 9.47 Å². The molecule has 0 N–H and O–H groups in total. The zero-order valence-corrected chi connectivity index (χ0v) is 19.7. The van der Waals surface area contributed by atoms with E-state index in [2.05, 4.69) is 63.7 Å². The van der Waals surface area contributed by atoms with Gasteiger partial charge in [0.05, 0.1) is 0 Å². The number of benzene rings is 2. The third-order valence-electron chi connectivity index (χ3n) is 6.58. The van der Waals surface area contributed by atoms with Gasteiger partial charge >= 0.3 is 0 Å². The van der Waals surface area contributed by atoms with Gasteiger partial charge in [-0.25, -0.2) is 4.98 Å². The summed E-state index contributed by atoms with van der Waals surface area (Å²) in [7, 11) is 0. The smallest absolute Gasteiger partial charge is 0.113 e. The van der Waals surface area contributed by atoms with Crippen LogP contribution >= 0.6 is 11.6 Å². The third-order valence-corrected chi connectivity index (χ3v) is 6.83. The predicted molar refractivity (Wildman–Crippen MR) is 137 cm³/mol. The number of hydrogen-bond acceptors (Lipinski definition) is 2. The first-order valence-electron chi connectivity index (χ1n) is 11.7. The fourth-order valence-electron chi connectivity index (χ4n) is 4.42. The van der Waals surface area contributed by atoms with Gasteiger partial charge in [-0.1, -0.05) is 42.6 Å². The van der Waals surface area contributed by atoms with Crippen LogP contribution in [-0.2, 0) is 6.54 Å². The number of likely N-dealkylation sites (tertiary alicyclic amines) is 1. The summed E-state index contributed by atoms with van der Waals surface area (Å²) in [6.45, 7) is 6.98. The van der Waals surface area contributed by atoms with Gasteiger partial charge in [-0.05, 0) is 85.8 Å². The van der Waals surface area contributed by atoms with E-state index >= 15 is 0 Å². The van der Waals surface area contributed by atoms with E-state index in [9.17, 15) is 0 Å². The minimum atomic E-state index is 0.734. The monoisotopic (exact) mass is 453 g/mol. The van der Waals surface area contributed by atoms with Crippen molar-refractivity contribution in [3.63, 3.8) is 0 Å². The van der Waals surface area contributed by atoms with E-state index in [1.165, 1.54) is 36.8 Å². The second kappa shape index (κ2) is 9.83. The van der Waals surface area contributed by atoms with Gasteiger partial charge in [0.25, 0.3) is 0 Å². The van der Waals surface area contributed by atoms with Crippen molar-refractivity contribution in [1.82, 2.24) is 14.5 Å². The lowest BCUT2D eigenvalue weighted by molar-refractivity contribution is 0.187. The normalized spacial score (nSPS) is 14.8. The van der Waals surface area contributed by atoms with Crippen LogP contribution in [0.5, 0.6) is 0 Å². The van der Waals surface area contributed by atoms with E-state index in [1.807, 2.05) is 42.6 Å². The maximum absolute atomic E-state index is 5.98. The van der Waals surface area contributed by atoms with Crippen molar-refractivity contribution < 1.29 is 0 Å². The van der Waals surface area contributed by atoms with Crippen LogP contribution in [0, 0.1) is 17.8 Å². The molecule has 0 spiro atoms. The maximum Gasteiger partial charge on any atom is 0.113 e. The summed E-state index contributed by atoms with van der Waals surface area (Å²) < 4.78 is 2.36. The van der Waals surface area contributed by atoms with Crippen molar-refractivity contribution in [3.8, 4) is 23.0 Å². The van der Waals surface area contributed by atoms with Crippen LogP contribution in [0.2, 0.25) is 5.02 Å². The molecule has 2 aromatic heterocycles. The van der Waals surface area contributed by atoms with Gasteiger partial charge in [-0.2, -0.15) is 0 Å². The number of rotatable bonds is 4. The molecule has 1 fully saturated rings. The zero-order chi connectivity index (χ0) is 22.6. The lowest BCUT2D eigenvalue weighted by Gasteiger charge is -2.30. The van der Waals surface area contributed by atoms with Crippen molar-refractivity contribution in [1.29, 1.82) is 0 Å². The van der Waals surface area contributed by atoms with Crippen LogP contribution in [-0.4, -0.2) is 34.1 Å². The highest BCUT2D eigenvalue weighted by Gasteiger charge is 2.15. The first-order chi connectivity index (χ1) is 16.1. The molecule has 0 bridgehead atoms. The van der Waals surface area contributed by atoms with E-state index < -0.39 is 0 Å². The van der Waals surface area contributed by atoms with Crippen LogP contribution < -0.4 is 0 Å². The molecule has 3 nitrogen and oxygen atoms in total. The molecule has 33 heavy (non-hydrogen) atoms. The first-order valence-corrected chi connectivity index (χ1v) is 12.1. The topological polar surface area (TPSA) is 21.1 Å². The average molecular weight is 454 g/mol. The summed E-state index contributed by atoms with van der Waals surface area (Å²) in [6, 6.07) is 20.5. The fourth-order valence-corrected chi connectivity index (χ4v) is 4.55. The fraction of sp³-hybridized carbons (Fsp3) is 0.276. The molecule has 4 aromatic rings. The van der Waals surface area contributed by atoms with Crippen LogP contribution in [0.25, 0.3) is 22.0 Å². The summed E-state index contributed by atoms with van der Waals surface area (Å²) in [5, 5.41) is 1.97. The van der Waals surface area contributed by atoms with E-state index in [-0.39, 0.29) is 0 Å². The minimum Gasteiger partial charge on any atom is -0.346 e. The van der Waals surface area contributed by atoms with Gasteiger partial charge in [0.1, 0.15) is 5.69 Å². The molecule has 1 aliphatic rings. The van der Waals surface area contributed by atoms with Crippen LogP contribution in [0.15, 0.2) is 73.1 Å². The van der Waals surface area contributed by atoms with Gasteiger partial charge in [0.2, 0.25) is 0 Å². The molecule has 0 saturated carbocycles. The Morgan fingerprint density at radius 3 is 2.45 bits per heavy atom. The summed E-state index contributed by atoms with van der Waals surface area (Å²) in [4.78, 5) is 7.11. The lowest BCUT2D eigenvalue weighted by Crippen LogP contribution is -2.35. The van der Waals surface area contributed by atoms with Gasteiger partial charge in [0.15, 0.2) is 0 Å². The Morgan fingerprint density at radius 2 is 1.70 bits per heavy atom. The molecule has 4 heteroatoms. The Kier molecular flexibility index (Phi) is 6.48. The Hall–Kier alpha value is -3.06. The summed E-state index contributed by atoms with van der Waals surface area (Å²) in [5.41, 5.74) is 5.20. The predicted octanol–water partition coefficient (Wildman–Crippen LogP) is 6.49. The molecule has 5 rings (SSSR count). The Bertz CT molecular complexity index is 1280. The van der Waals surface area contributed by atoms with Crippen molar-refractivity contribution >= 4 is 22.5 Å². The van der Waals surface area contributed by atoms with E-state index in [0.29, 0.717) is 0 Å². The molecule has 1 saturated heterocycles. The minimum absolute atomic E-state index is 0.734. The third kappa shape index (κ3) is 5.30. The molecule has 0 atom stereocenters. The number of piperidine rings is 1. The SMILES string of the molecule is CC1CCN(CCn2ccc3cc(C#Cc4ccc(-c5ccc(Cl)cc5)cn4)ccc32)CC1. The quantitative estimate of drug-likeness (QED) is 0.329. The Labute approximate surface area is 201 Å². The lowest BCUT2D eigenvalue weighted by atomic mass is 9.99. The number of halogens is 1. The summed E-state index contributed by atoms with van der Waals surface area (Å²) in [6.07, 6.45) is 6.71. The summed E-state index contributed by atoms with van der Waals surface area (Å²) in [5.74, 6) is 7.35. The number of nitrogens with zero attached hydrogens (tertiary/aromatic N) is 3. The Balaban J connectivity index is 1.25. The molecule has 0 amide bonds. The highest BCUT2D eigenvalue weighted by Crippen LogP contribution is 2.21. The maximum atomic E-state index is 5.98. The molecule has 0 aliphatic carbocycles. The standard InChI is InChI=1S/C29H28ClN3/c1-22-12-15-32(16-13-22)18-19-33-17-14-25-20-23(3-11-29(25)33)2-9-28-10-6-26(21-31-28)24-4-7-27(30)8-5-24/h3-8,10-11,14,17,20-22H,12-13,15-16,18-19H2,1H3. The van der Waals surface area contributed by atoms with Gasteiger partial charge in [0, 0.05) is 52.5 Å². The van der Waals surface area contributed by atoms with E-state index in [4.69, 9.17) is 11.6 Å². The molecular formula is C29H28ClN3. The van der Waals surface area contributed by atoms with Gasteiger partial charge in [-0.3, -0.25) is 0 Å². The molecular weight excluding hydrogens is 426 g/mol. The number of fused-ring (bicyclic) bond motifs is 1. The number of hydrogen-bond donors (Lipinski definition) is 0. The molecule has 0 radical (unpaired) electrons. The highest BCUT2D eigenvalue weighted by atomic mass is 35.5. The van der Waals surface area contributed by atoms with Crippen LogP contribution in [0.1, 0.15) is 31.0 Å². The highest BCUT2D eigenvalue weighted by molar-refractivity contribution is 6.30. The number of pyridine rings is 1. The van der Waals surface area contributed by atoms with E-state index in [1.54, 1.807) is 0 Å². The second-order valence-corrected chi connectivity index (χ2v) is 9.43. The largest absolute Gasteiger partial charge is 0.346 e. The molecule has 166 valence electrons. The van der Waals surface area contributed by atoms with Crippen molar-refractivity contribution in [2.24, 2.45) is 5.92 Å². The second-order valence-electron chi connectivity index (χ2n) is 9.00.